The van der Waals surface area contributed by atoms with E-state index in [-0.39, 0.29) is 24.9 Å². The number of halogens is 1. The number of aliphatic imine (C=N–C) groups is 1. The van der Waals surface area contributed by atoms with Gasteiger partial charge in [-0.05, 0) is 37.7 Å². The molecule has 0 saturated carbocycles. The van der Waals surface area contributed by atoms with Crippen LogP contribution in [0.15, 0.2) is 83.9 Å². The Kier molecular flexibility index (Phi) is 9.19. The minimum Gasteiger partial charge on any atom is -0.339 e. The number of rotatable bonds is 5. The summed E-state index contributed by atoms with van der Waals surface area (Å²) in [5.74, 6) is -0.618. The third-order valence-corrected chi connectivity index (χ3v) is 6.95. The fraction of sp³-hybridized carbons (Fsp3) is 0.267. The van der Waals surface area contributed by atoms with Gasteiger partial charge in [-0.1, -0.05) is 60.7 Å². The molecule has 9 nitrogen and oxygen atoms in total. The predicted molar refractivity (Wildman–Crippen MR) is 159 cm³/mol. The Morgan fingerprint density at radius 2 is 1.62 bits per heavy atom. The summed E-state index contributed by atoms with van der Waals surface area (Å²) in [5, 5.41) is 5.53. The van der Waals surface area contributed by atoms with Crippen molar-refractivity contribution in [1.82, 2.24) is 15.1 Å². The molecule has 0 radical (unpaired) electrons. The minimum atomic E-state index is -1.24. The Balaban J connectivity index is 0.00000370. The fourth-order valence-corrected chi connectivity index (χ4v) is 4.82. The summed E-state index contributed by atoms with van der Waals surface area (Å²) in [6, 6.07) is 23.8. The van der Waals surface area contributed by atoms with Crippen LogP contribution in [0.1, 0.15) is 16.7 Å². The molecule has 208 valence electrons. The zero-order valence-corrected chi connectivity index (χ0v) is 23.4. The van der Waals surface area contributed by atoms with Crippen molar-refractivity contribution in [1.29, 1.82) is 0 Å². The molecule has 3 aromatic carbocycles. The molecule has 2 aliphatic rings. The highest BCUT2D eigenvalue weighted by Gasteiger charge is 2.35. The number of fused-ring (bicyclic) bond motifs is 1. The predicted octanol–water partition coefficient (Wildman–Crippen LogP) is 3.52. The van der Waals surface area contributed by atoms with E-state index in [1.54, 1.807) is 11.0 Å². The van der Waals surface area contributed by atoms with E-state index in [1.807, 2.05) is 86.8 Å². The first-order valence-electron chi connectivity index (χ1n) is 13.0. The zero-order chi connectivity index (χ0) is 27.4. The van der Waals surface area contributed by atoms with E-state index in [4.69, 9.17) is 4.99 Å². The second kappa shape index (κ2) is 12.8. The quantitative estimate of drug-likeness (QED) is 0.499. The molecule has 0 aliphatic carbocycles. The van der Waals surface area contributed by atoms with Crippen LogP contribution in [0.3, 0.4) is 0 Å². The number of hydrogen-bond acceptors (Lipinski definition) is 5. The smallest absolute Gasteiger partial charge is 0.321 e. The number of nitrogens with one attached hydrogen (secondary N) is 2. The van der Waals surface area contributed by atoms with Crippen LogP contribution in [-0.4, -0.2) is 79.3 Å². The summed E-state index contributed by atoms with van der Waals surface area (Å²) in [6.45, 7) is 4.55. The van der Waals surface area contributed by atoms with E-state index in [1.165, 1.54) is 4.90 Å². The van der Waals surface area contributed by atoms with Crippen molar-refractivity contribution < 1.29 is 14.4 Å². The number of urea groups is 1. The normalized spacial score (nSPS) is 17.2. The summed E-state index contributed by atoms with van der Waals surface area (Å²) in [6.07, 6.45) is -1.24. The third-order valence-electron chi connectivity index (χ3n) is 6.95. The van der Waals surface area contributed by atoms with Crippen molar-refractivity contribution in [2.45, 2.75) is 13.1 Å². The lowest BCUT2D eigenvalue weighted by Gasteiger charge is -2.34. The van der Waals surface area contributed by atoms with Gasteiger partial charge in [0.05, 0.1) is 11.4 Å². The van der Waals surface area contributed by atoms with E-state index in [2.05, 4.69) is 15.5 Å². The number of para-hydroxylation sites is 1. The molecule has 0 aromatic heterocycles. The van der Waals surface area contributed by atoms with Gasteiger partial charge in [0.25, 0.3) is 5.91 Å². The highest BCUT2D eigenvalue weighted by atomic mass is 35.5. The molecule has 1 atom stereocenters. The average molecular weight is 561 g/mol. The third kappa shape index (κ3) is 6.50. The molecular weight excluding hydrogens is 528 g/mol. The number of amides is 4. The first-order chi connectivity index (χ1) is 18.9. The molecule has 1 fully saturated rings. The van der Waals surface area contributed by atoms with Gasteiger partial charge in [-0.15, -0.1) is 12.4 Å². The Bertz CT molecular complexity index is 1410. The first-order valence-corrected chi connectivity index (χ1v) is 13.0. The maximum Gasteiger partial charge on any atom is 0.321 e. The van der Waals surface area contributed by atoms with E-state index in [9.17, 15) is 14.4 Å². The summed E-state index contributed by atoms with van der Waals surface area (Å²) >= 11 is 0. The van der Waals surface area contributed by atoms with Crippen LogP contribution in [0.5, 0.6) is 0 Å². The number of anilines is 2. The Hall–Kier alpha value is -4.21. The number of piperazine rings is 1. The van der Waals surface area contributed by atoms with Crippen molar-refractivity contribution >= 4 is 47.3 Å². The molecule has 3 aromatic rings. The van der Waals surface area contributed by atoms with Crippen molar-refractivity contribution in [2.24, 2.45) is 4.99 Å². The molecule has 4 amide bonds. The van der Waals surface area contributed by atoms with Crippen molar-refractivity contribution in [3.63, 3.8) is 0 Å². The summed E-state index contributed by atoms with van der Waals surface area (Å²) < 4.78 is 0. The van der Waals surface area contributed by atoms with Crippen molar-refractivity contribution in [3.8, 4) is 0 Å². The molecule has 1 unspecified atom stereocenters. The van der Waals surface area contributed by atoms with Crippen LogP contribution < -0.4 is 15.5 Å². The number of likely N-dealkylation sites (N-methyl/N-ethyl adjacent to an activating group) is 1. The summed E-state index contributed by atoms with van der Waals surface area (Å²) in [4.78, 5) is 50.6. The fourth-order valence-electron chi connectivity index (χ4n) is 4.82. The number of nitrogens with zero attached hydrogens (tertiary/aromatic N) is 4. The second-order valence-electron chi connectivity index (χ2n) is 9.84. The largest absolute Gasteiger partial charge is 0.339 e. The van der Waals surface area contributed by atoms with Crippen molar-refractivity contribution in [2.75, 3.05) is 50.0 Å². The van der Waals surface area contributed by atoms with Crippen LogP contribution >= 0.6 is 12.4 Å². The molecule has 1 saturated heterocycles. The lowest BCUT2D eigenvalue weighted by molar-refractivity contribution is -0.133. The number of hydrogen-bond donors (Lipinski definition) is 2. The van der Waals surface area contributed by atoms with Gasteiger partial charge < -0.3 is 20.4 Å². The molecule has 10 heteroatoms. The van der Waals surface area contributed by atoms with Gasteiger partial charge in [-0.3, -0.25) is 14.5 Å². The van der Waals surface area contributed by atoms with Crippen LogP contribution in [0.2, 0.25) is 0 Å². The molecule has 2 aliphatic heterocycles. The van der Waals surface area contributed by atoms with Gasteiger partial charge in [0.15, 0.2) is 0 Å². The van der Waals surface area contributed by atoms with Gasteiger partial charge in [-0.2, -0.15) is 0 Å². The molecule has 0 bridgehead atoms. The Morgan fingerprint density at radius 3 is 2.35 bits per heavy atom. The van der Waals surface area contributed by atoms with Crippen molar-refractivity contribution in [3.05, 3.63) is 95.6 Å². The lowest BCUT2D eigenvalue weighted by Crippen LogP contribution is -2.54. The van der Waals surface area contributed by atoms with E-state index < -0.39 is 18.1 Å². The lowest BCUT2D eigenvalue weighted by atomic mass is 10.0. The van der Waals surface area contributed by atoms with Gasteiger partial charge in [0.2, 0.25) is 12.1 Å². The maximum atomic E-state index is 14.0. The van der Waals surface area contributed by atoms with E-state index in [0.29, 0.717) is 35.7 Å². The highest BCUT2D eigenvalue weighted by molar-refractivity contribution is 6.21. The van der Waals surface area contributed by atoms with Gasteiger partial charge >= 0.3 is 6.03 Å². The van der Waals surface area contributed by atoms with Crippen LogP contribution in [0, 0.1) is 6.92 Å². The number of carbonyl (C=O) groups is 3. The van der Waals surface area contributed by atoms with Crippen LogP contribution in [0.4, 0.5) is 16.2 Å². The van der Waals surface area contributed by atoms with Gasteiger partial charge in [-0.25, -0.2) is 9.79 Å². The Morgan fingerprint density at radius 1 is 0.925 bits per heavy atom. The maximum absolute atomic E-state index is 14.0. The number of aryl methyl sites for hydroxylation is 1. The molecule has 5 rings (SSSR count). The molecular formula is C30H33ClN6O3. The van der Waals surface area contributed by atoms with Gasteiger partial charge in [0.1, 0.15) is 6.54 Å². The molecule has 2 N–H and O–H groups in total. The number of benzene rings is 3. The van der Waals surface area contributed by atoms with Crippen LogP contribution in [0.25, 0.3) is 0 Å². The standard InChI is InChI=1S/C30H32N6O3.ClH/c1-21-9-8-12-23(19-21)31-30(39)33-28-29(38)36(20-26(37)35-17-15-34(2)16-18-35)25-14-7-6-13-24(25)27(32-28)22-10-4-3-5-11-22;/h3-14,19,28H,15-18,20H2,1-2H3,(H2,31,33,39);1H. The molecule has 40 heavy (non-hydrogen) atoms. The average Bonchev–Trinajstić information content (AvgIpc) is 3.04. The molecule has 2 heterocycles. The summed E-state index contributed by atoms with van der Waals surface area (Å²) in [7, 11) is 2.02. The van der Waals surface area contributed by atoms with Crippen LogP contribution in [-0.2, 0) is 9.59 Å². The second-order valence-corrected chi connectivity index (χ2v) is 9.84. The zero-order valence-electron chi connectivity index (χ0n) is 22.5. The first kappa shape index (κ1) is 28.8. The monoisotopic (exact) mass is 560 g/mol. The van der Waals surface area contributed by atoms with E-state index in [0.717, 1.165) is 24.2 Å². The number of carbonyl (C=O) groups excluding carboxylic acids is 3. The topological polar surface area (TPSA) is 97.3 Å². The Labute approximate surface area is 240 Å². The van der Waals surface area contributed by atoms with Gasteiger partial charge in [0, 0.05) is 43.0 Å². The number of benzodiazepines with no additional fused rings is 1. The summed E-state index contributed by atoms with van der Waals surface area (Å²) in [5.41, 5.74) is 4.26. The SMILES string of the molecule is Cc1cccc(NC(=O)NC2N=C(c3ccccc3)c3ccccc3N(CC(=O)N3CCN(C)CC3)C2=O)c1.Cl. The molecule has 0 spiro atoms. The van der Waals surface area contributed by atoms with E-state index >= 15 is 0 Å². The minimum absolute atomic E-state index is 0. The highest BCUT2D eigenvalue weighted by Crippen LogP contribution is 2.28.